The minimum Gasteiger partial charge on any atom is -0.449 e. The lowest BCUT2D eigenvalue weighted by molar-refractivity contribution is 0.0862. The number of carbonyl (C=O) groups excluding carboxylic acids is 1. The molecule has 1 aromatic rings. The molecule has 0 aliphatic carbocycles. The van der Waals surface area contributed by atoms with Gasteiger partial charge < -0.3 is 14.7 Å². The van der Waals surface area contributed by atoms with E-state index in [0.717, 1.165) is 35.8 Å². The van der Waals surface area contributed by atoms with Crippen LogP contribution in [0.15, 0.2) is 10.8 Å². The Morgan fingerprint density at radius 3 is 2.81 bits per heavy atom. The van der Waals surface area contributed by atoms with Crippen molar-refractivity contribution in [3.8, 4) is 0 Å². The molecule has 0 unspecified atom stereocenters. The maximum absolute atomic E-state index is 11.9. The van der Waals surface area contributed by atoms with E-state index in [2.05, 4.69) is 28.0 Å². The van der Waals surface area contributed by atoms with E-state index < -0.39 is 0 Å². The molecule has 2 heterocycles. The number of piperidine rings is 1. The standard InChI is InChI=1S/C14H22BrN3O3/c1-2-3-8-21-14(20)17-6-4-12(5-7-17)18-13(15)11(10-19)9-16-18/h9,12,19H,2-8,10H2,1H3. The molecule has 0 saturated carbocycles. The summed E-state index contributed by atoms with van der Waals surface area (Å²) in [4.78, 5) is 13.6. The number of likely N-dealkylation sites (tertiary alicyclic amines) is 1. The summed E-state index contributed by atoms with van der Waals surface area (Å²) in [6, 6.07) is 0.249. The van der Waals surface area contributed by atoms with E-state index >= 15 is 0 Å². The van der Waals surface area contributed by atoms with E-state index in [4.69, 9.17) is 4.74 Å². The Balaban J connectivity index is 1.85. The van der Waals surface area contributed by atoms with Crippen molar-refractivity contribution >= 4 is 22.0 Å². The molecule has 1 aliphatic heterocycles. The van der Waals surface area contributed by atoms with Crippen molar-refractivity contribution in [2.75, 3.05) is 19.7 Å². The molecule has 0 bridgehead atoms. The fourth-order valence-electron chi connectivity index (χ4n) is 2.43. The molecule has 1 amide bonds. The van der Waals surface area contributed by atoms with Gasteiger partial charge in [0.05, 0.1) is 25.5 Å². The van der Waals surface area contributed by atoms with Crippen LogP contribution in [0.2, 0.25) is 0 Å². The highest BCUT2D eigenvalue weighted by Crippen LogP contribution is 2.28. The second kappa shape index (κ2) is 7.79. The van der Waals surface area contributed by atoms with Crippen LogP contribution in [0.3, 0.4) is 0 Å². The molecule has 6 nitrogen and oxygen atoms in total. The molecule has 0 radical (unpaired) electrons. The van der Waals surface area contributed by atoms with Gasteiger partial charge in [-0.15, -0.1) is 0 Å². The summed E-state index contributed by atoms with van der Waals surface area (Å²) in [6.45, 7) is 3.90. The minimum absolute atomic E-state index is 0.0246. The van der Waals surface area contributed by atoms with Gasteiger partial charge in [-0.3, -0.25) is 4.68 Å². The molecule has 7 heteroatoms. The molecule has 1 fully saturated rings. The smallest absolute Gasteiger partial charge is 0.409 e. The Hall–Kier alpha value is -1.08. The second-order valence-corrected chi connectivity index (χ2v) is 6.00. The van der Waals surface area contributed by atoms with E-state index in [0.29, 0.717) is 19.7 Å². The number of unbranched alkanes of at least 4 members (excludes halogenated alkanes) is 1. The van der Waals surface area contributed by atoms with Crippen molar-refractivity contribution in [3.05, 3.63) is 16.4 Å². The molecule has 21 heavy (non-hydrogen) atoms. The SMILES string of the molecule is CCCCOC(=O)N1CCC(n2ncc(CO)c2Br)CC1. The number of halogens is 1. The molecular weight excluding hydrogens is 338 g/mol. The summed E-state index contributed by atoms with van der Waals surface area (Å²) in [7, 11) is 0. The predicted molar refractivity (Wildman–Crippen MR) is 81.9 cm³/mol. The zero-order valence-electron chi connectivity index (χ0n) is 12.3. The average molecular weight is 360 g/mol. The van der Waals surface area contributed by atoms with Crippen molar-refractivity contribution in [1.29, 1.82) is 0 Å². The Bertz CT molecular complexity index is 470. The van der Waals surface area contributed by atoms with Gasteiger partial charge in [0.2, 0.25) is 0 Å². The van der Waals surface area contributed by atoms with Gasteiger partial charge in [-0.25, -0.2) is 4.79 Å². The Kier molecular flexibility index (Phi) is 6.05. The first-order valence-corrected chi connectivity index (χ1v) is 8.21. The molecule has 0 aromatic carbocycles. The fraction of sp³-hybridized carbons (Fsp3) is 0.714. The normalized spacial score (nSPS) is 16.2. The Morgan fingerprint density at radius 1 is 1.52 bits per heavy atom. The number of hydrogen-bond acceptors (Lipinski definition) is 4. The maximum Gasteiger partial charge on any atom is 0.409 e. The van der Waals surface area contributed by atoms with E-state index in [1.54, 1.807) is 11.1 Å². The zero-order chi connectivity index (χ0) is 15.2. The zero-order valence-corrected chi connectivity index (χ0v) is 13.9. The maximum atomic E-state index is 11.9. The third-order valence-electron chi connectivity index (χ3n) is 3.77. The van der Waals surface area contributed by atoms with E-state index in [1.165, 1.54) is 0 Å². The van der Waals surface area contributed by atoms with Crippen LogP contribution in [0.1, 0.15) is 44.2 Å². The number of ether oxygens (including phenoxy) is 1. The summed E-state index contributed by atoms with van der Waals surface area (Å²) in [5.74, 6) is 0. The quantitative estimate of drug-likeness (QED) is 0.820. The summed E-state index contributed by atoms with van der Waals surface area (Å²) in [6.07, 6.45) is 5.08. The van der Waals surface area contributed by atoms with E-state index in [-0.39, 0.29) is 18.7 Å². The van der Waals surface area contributed by atoms with Gasteiger partial charge >= 0.3 is 6.09 Å². The van der Waals surface area contributed by atoms with Crippen molar-refractivity contribution in [1.82, 2.24) is 14.7 Å². The van der Waals surface area contributed by atoms with Crippen LogP contribution < -0.4 is 0 Å². The second-order valence-electron chi connectivity index (χ2n) is 5.25. The summed E-state index contributed by atoms with van der Waals surface area (Å²) < 4.78 is 7.95. The average Bonchev–Trinajstić information content (AvgIpc) is 2.88. The van der Waals surface area contributed by atoms with Crippen LogP contribution in [0.25, 0.3) is 0 Å². The summed E-state index contributed by atoms with van der Waals surface area (Å²) >= 11 is 3.47. The van der Waals surface area contributed by atoms with Crippen LogP contribution >= 0.6 is 15.9 Å². The van der Waals surface area contributed by atoms with Crippen LogP contribution in [0.5, 0.6) is 0 Å². The number of aliphatic hydroxyl groups excluding tert-OH is 1. The minimum atomic E-state index is -0.211. The summed E-state index contributed by atoms with van der Waals surface area (Å²) in [5.41, 5.74) is 0.788. The molecule has 118 valence electrons. The number of aliphatic hydroxyl groups is 1. The molecule has 0 spiro atoms. The topological polar surface area (TPSA) is 67.6 Å². The number of amides is 1. The van der Waals surface area contributed by atoms with Gasteiger partial charge in [0, 0.05) is 18.7 Å². The molecule has 1 saturated heterocycles. The van der Waals surface area contributed by atoms with Crippen molar-refractivity contribution in [2.45, 2.75) is 45.3 Å². The molecule has 1 N–H and O–H groups in total. The largest absolute Gasteiger partial charge is 0.449 e. The van der Waals surface area contributed by atoms with Crippen LogP contribution in [0.4, 0.5) is 4.79 Å². The van der Waals surface area contributed by atoms with Crippen LogP contribution in [0, 0.1) is 0 Å². The lowest BCUT2D eigenvalue weighted by Crippen LogP contribution is -2.39. The fourth-order valence-corrected chi connectivity index (χ4v) is 3.04. The first-order valence-electron chi connectivity index (χ1n) is 7.41. The molecular formula is C14H22BrN3O3. The van der Waals surface area contributed by atoms with E-state index in [1.807, 2.05) is 4.68 Å². The van der Waals surface area contributed by atoms with Gasteiger partial charge in [0.1, 0.15) is 4.60 Å². The van der Waals surface area contributed by atoms with Crippen molar-refractivity contribution < 1.29 is 14.6 Å². The molecule has 1 aromatic heterocycles. The number of rotatable bonds is 5. The van der Waals surface area contributed by atoms with Crippen molar-refractivity contribution in [2.24, 2.45) is 0 Å². The van der Waals surface area contributed by atoms with E-state index in [9.17, 15) is 9.90 Å². The van der Waals surface area contributed by atoms with Crippen molar-refractivity contribution in [3.63, 3.8) is 0 Å². The third-order valence-corrected chi connectivity index (χ3v) is 4.64. The van der Waals surface area contributed by atoms with Gasteiger partial charge in [0.15, 0.2) is 0 Å². The predicted octanol–water partition coefficient (Wildman–Crippen LogP) is 2.71. The number of nitrogens with zero attached hydrogens (tertiary/aromatic N) is 3. The molecule has 2 rings (SSSR count). The number of hydrogen-bond donors (Lipinski definition) is 1. The first kappa shape index (κ1) is 16.3. The van der Waals surface area contributed by atoms with Gasteiger partial charge in [0.25, 0.3) is 0 Å². The summed E-state index contributed by atoms with van der Waals surface area (Å²) in [5, 5.41) is 13.5. The highest BCUT2D eigenvalue weighted by molar-refractivity contribution is 9.10. The number of aromatic nitrogens is 2. The van der Waals surface area contributed by atoms with Gasteiger partial charge in [-0.2, -0.15) is 5.10 Å². The molecule has 0 atom stereocenters. The highest BCUT2D eigenvalue weighted by Gasteiger charge is 2.26. The third kappa shape index (κ3) is 3.97. The van der Waals surface area contributed by atoms with Gasteiger partial charge in [-0.1, -0.05) is 13.3 Å². The number of carbonyl (C=O) groups is 1. The highest BCUT2D eigenvalue weighted by atomic mass is 79.9. The Morgan fingerprint density at radius 2 is 2.24 bits per heavy atom. The lowest BCUT2D eigenvalue weighted by atomic mass is 10.1. The van der Waals surface area contributed by atoms with Crippen LogP contribution in [-0.2, 0) is 11.3 Å². The monoisotopic (exact) mass is 359 g/mol. The lowest BCUT2D eigenvalue weighted by Gasteiger charge is -2.31. The first-order chi connectivity index (χ1) is 10.2. The van der Waals surface area contributed by atoms with Gasteiger partial charge in [-0.05, 0) is 35.2 Å². The van der Waals surface area contributed by atoms with Crippen LogP contribution in [-0.4, -0.2) is 45.6 Å². The molecule has 1 aliphatic rings. The Labute approximate surface area is 133 Å².